The molecule has 198 valence electrons. The minimum Gasteiger partial charge on any atom is -0.459 e. The van der Waals surface area contributed by atoms with Crippen LogP contribution in [0.3, 0.4) is 0 Å². The molecule has 3 aromatic rings. The molecule has 3 aromatic carbocycles. The lowest BCUT2D eigenvalue weighted by atomic mass is 9.98. The molecule has 1 fully saturated rings. The van der Waals surface area contributed by atoms with Gasteiger partial charge >= 0.3 is 17.9 Å². The summed E-state index contributed by atoms with van der Waals surface area (Å²) in [7, 11) is 2.77. The molecule has 0 N–H and O–H groups in total. The van der Waals surface area contributed by atoms with Crippen LogP contribution in [0.5, 0.6) is 0 Å². The van der Waals surface area contributed by atoms with E-state index in [2.05, 4.69) is 0 Å². The topological polar surface area (TPSA) is 107 Å². The van der Waals surface area contributed by atoms with E-state index in [-0.39, 0.29) is 6.61 Å². The summed E-state index contributed by atoms with van der Waals surface area (Å²) >= 11 is 0. The smallest absolute Gasteiger partial charge is 0.338 e. The van der Waals surface area contributed by atoms with Crippen molar-refractivity contribution in [1.82, 2.24) is 0 Å². The van der Waals surface area contributed by atoms with Crippen molar-refractivity contribution >= 4 is 17.9 Å². The summed E-state index contributed by atoms with van der Waals surface area (Å²) < 4.78 is 34.2. The first-order valence-electron chi connectivity index (χ1n) is 12.0. The molecule has 0 bridgehead atoms. The van der Waals surface area contributed by atoms with Gasteiger partial charge in [-0.15, -0.1) is 0 Å². The Kier molecular flexibility index (Phi) is 9.21. The van der Waals surface area contributed by atoms with Crippen molar-refractivity contribution in [3.05, 3.63) is 108 Å². The van der Waals surface area contributed by atoms with Gasteiger partial charge in [0.15, 0.2) is 18.5 Å². The third kappa shape index (κ3) is 6.44. The fourth-order valence-electron chi connectivity index (χ4n) is 4.09. The highest BCUT2D eigenvalue weighted by Gasteiger charge is 2.51. The Labute approximate surface area is 220 Å². The van der Waals surface area contributed by atoms with E-state index in [0.717, 1.165) is 0 Å². The van der Waals surface area contributed by atoms with Crippen molar-refractivity contribution in [3.8, 4) is 0 Å². The molecule has 5 atom stereocenters. The molecule has 0 unspecified atom stereocenters. The summed E-state index contributed by atoms with van der Waals surface area (Å²) in [6, 6.07) is 25.2. The van der Waals surface area contributed by atoms with E-state index < -0.39 is 48.6 Å². The van der Waals surface area contributed by atoms with Gasteiger partial charge in [0, 0.05) is 14.2 Å². The summed E-state index contributed by atoms with van der Waals surface area (Å²) in [5.74, 6) is -1.86. The second-order valence-electron chi connectivity index (χ2n) is 8.42. The number of hydrogen-bond acceptors (Lipinski definition) is 9. The zero-order chi connectivity index (χ0) is 26.9. The van der Waals surface area contributed by atoms with E-state index in [1.165, 1.54) is 14.2 Å². The summed E-state index contributed by atoms with van der Waals surface area (Å²) in [6.07, 6.45) is -5.31. The quantitative estimate of drug-likeness (QED) is 0.308. The van der Waals surface area contributed by atoms with Crippen molar-refractivity contribution in [3.63, 3.8) is 0 Å². The molecule has 0 aromatic heterocycles. The number of ether oxygens (including phenoxy) is 6. The minimum atomic E-state index is -1.11. The number of rotatable bonds is 9. The van der Waals surface area contributed by atoms with Gasteiger partial charge in [-0.05, 0) is 36.4 Å². The Hall–Kier alpha value is -4.05. The van der Waals surface area contributed by atoms with Crippen molar-refractivity contribution in [1.29, 1.82) is 0 Å². The molecule has 0 amide bonds. The van der Waals surface area contributed by atoms with Gasteiger partial charge in [0.05, 0.1) is 16.7 Å². The Morgan fingerprint density at radius 3 is 1.50 bits per heavy atom. The van der Waals surface area contributed by atoms with Crippen molar-refractivity contribution < 1.29 is 42.8 Å². The summed E-state index contributed by atoms with van der Waals surface area (Å²) in [6.45, 7) is -0.278. The van der Waals surface area contributed by atoms with E-state index in [9.17, 15) is 14.4 Å². The third-order valence-electron chi connectivity index (χ3n) is 5.99. The van der Waals surface area contributed by atoms with Crippen LogP contribution < -0.4 is 0 Å². The summed E-state index contributed by atoms with van der Waals surface area (Å²) in [5, 5.41) is 0. The fraction of sp³-hybridized carbons (Fsp3) is 0.276. The van der Waals surface area contributed by atoms with Crippen LogP contribution in [0.25, 0.3) is 0 Å². The van der Waals surface area contributed by atoms with Crippen LogP contribution >= 0.6 is 0 Å². The zero-order valence-corrected chi connectivity index (χ0v) is 20.9. The predicted molar refractivity (Wildman–Crippen MR) is 134 cm³/mol. The highest BCUT2D eigenvalue weighted by molar-refractivity contribution is 5.90. The first kappa shape index (κ1) is 27.0. The van der Waals surface area contributed by atoms with E-state index in [4.69, 9.17) is 28.4 Å². The first-order valence-corrected chi connectivity index (χ1v) is 12.0. The van der Waals surface area contributed by atoms with Gasteiger partial charge in [0.25, 0.3) is 0 Å². The average Bonchev–Trinajstić information content (AvgIpc) is 2.97. The fourth-order valence-corrected chi connectivity index (χ4v) is 4.09. The van der Waals surface area contributed by atoms with Crippen LogP contribution in [0.15, 0.2) is 91.0 Å². The van der Waals surface area contributed by atoms with Crippen molar-refractivity contribution in [2.75, 3.05) is 20.8 Å². The molecular formula is C29H28O9. The van der Waals surface area contributed by atoms with Crippen molar-refractivity contribution in [2.24, 2.45) is 0 Å². The van der Waals surface area contributed by atoms with Crippen LogP contribution in [-0.4, -0.2) is 69.4 Å². The molecule has 9 nitrogen and oxygen atoms in total. The van der Waals surface area contributed by atoms with Gasteiger partial charge in [0.1, 0.15) is 18.8 Å². The predicted octanol–water partition coefficient (Wildman–Crippen LogP) is 3.68. The SMILES string of the molecule is CO[C@H]1O[C@H](COC(=O)c2ccccc2)[C@H](OC(=O)c2ccccc2)[C@H](OC)[C@H]1OC(=O)c1ccccc1. The minimum absolute atomic E-state index is 0.278. The van der Waals surface area contributed by atoms with Crippen LogP contribution in [0.2, 0.25) is 0 Å². The number of hydrogen-bond donors (Lipinski definition) is 0. The van der Waals surface area contributed by atoms with Crippen LogP contribution in [0, 0.1) is 0 Å². The molecule has 0 spiro atoms. The Morgan fingerprint density at radius 1 is 0.605 bits per heavy atom. The second-order valence-corrected chi connectivity index (χ2v) is 8.42. The monoisotopic (exact) mass is 520 g/mol. The van der Waals surface area contributed by atoms with Gasteiger partial charge in [-0.1, -0.05) is 54.6 Å². The van der Waals surface area contributed by atoms with E-state index >= 15 is 0 Å². The number of methoxy groups -OCH3 is 2. The van der Waals surface area contributed by atoms with Crippen LogP contribution in [-0.2, 0) is 28.4 Å². The van der Waals surface area contributed by atoms with Gasteiger partial charge in [-0.2, -0.15) is 0 Å². The molecule has 1 saturated heterocycles. The lowest BCUT2D eigenvalue weighted by Crippen LogP contribution is -2.62. The maximum absolute atomic E-state index is 13.0. The molecule has 0 saturated carbocycles. The molecule has 1 aliphatic heterocycles. The molecule has 0 radical (unpaired) electrons. The largest absolute Gasteiger partial charge is 0.459 e. The highest BCUT2D eigenvalue weighted by atomic mass is 16.7. The maximum Gasteiger partial charge on any atom is 0.338 e. The molecular weight excluding hydrogens is 492 g/mol. The summed E-state index contributed by atoms with van der Waals surface area (Å²) in [4.78, 5) is 38.5. The van der Waals surface area contributed by atoms with Gasteiger partial charge < -0.3 is 28.4 Å². The van der Waals surface area contributed by atoms with Gasteiger partial charge in [-0.3, -0.25) is 0 Å². The van der Waals surface area contributed by atoms with E-state index in [1.807, 2.05) is 0 Å². The normalized spacial score (nSPS) is 22.7. The molecule has 4 rings (SSSR count). The van der Waals surface area contributed by atoms with Gasteiger partial charge in [0.2, 0.25) is 0 Å². The number of esters is 3. The molecule has 1 heterocycles. The zero-order valence-electron chi connectivity index (χ0n) is 20.9. The number of carbonyl (C=O) groups excluding carboxylic acids is 3. The van der Waals surface area contributed by atoms with E-state index in [0.29, 0.717) is 16.7 Å². The third-order valence-corrected chi connectivity index (χ3v) is 5.99. The standard InChI is InChI=1S/C29H28O9/c1-33-24-23(37-27(31)20-14-8-4-9-15-20)22(18-35-26(30)19-12-6-3-7-13-19)36-29(34-2)25(24)38-28(32)21-16-10-5-11-17-21/h3-17,22-25,29H,18H2,1-2H3/t22-,23+,24+,25-,29+/m1/s1. The van der Waals surface area contributed by atoms with E-state index in [1.54, 1.807) is 91.0 Å². The summed E-state index contributed by atoms with van der Waals surface area (Å²) in [5.41, 5.74) is 0.963. The molecule has 1 aliphatic rings. The molecule has 0 aliphatic carbocycles. The van der Waals surface area contributed by atoms with Crippen molar-refractivity contribution in [2.45, 2.75) is 30.7 Å². The lowest BCUT2D eigenvalue weighted by molar-refractivity contribution is -0.296. The molecule has 9 heteroatoms. The Balaban J connectivity index is 1.58. The van der Waals surface area contributed by atoms with Crippen LogP contribution in [0.4, 0.5) is 0 Å². The number of carbonyl (C=O) groups is 3. The highest BCUT2D eigenvalue weighted by Crippen LogP contribution is 2.30. The number of benzene rings is 3. The second kappa shape index (κ2) is 13.0. The maximum atomic E-state index is 13.0. The average molecular weight is 521 g/mol. The first-order chi connectivity index (χ1) is 18.5. The lowest BCUT2D eigenvalue weighted by Gasteiger charge is -2.43. The Morgan fingerprint density at radius 2 is 1.05 bits per heavy atom. The van der Waals surface area contributed by atoms with Gasteiger partial charge in [-0.25, -0.2) is 14.4 Å². The van der Waals surface area contributed by atoms with Crippen LogP contribution in [0.1, 0.15) is 31.1 Å². The molecule has 38 heavy (non-hydrogen) atoms. The Bertz CT molecular complexity index is 1200.